The van der Waals surface area contributed by atoms with Crippen LogP contribution in [0.5, 0.6) is 5.75 Å². The molecule has 0 radical (unpaired) electrons. The first-order valence-electron chi connectivity index (χ1n) is 11.2. The van der Waals surface area contributed by atoms with E-state index in [1.807, 2.05) is 6.07 Å². The first-order chi connectivity index (χ1) is 17.5. The first-order valence-corrected chi connectivity index (χ1v) is 12.4. The fourth-order valence-corrected chi connectivity index (χ4v) is 5.61. The number of hydrogen-bond donors (Lipinski definition) is 1. The van der Waals surface area contributed by atoms with Gasteiger partial charge in [0.15, 0.2) is 11.6 Å². The highest BCUT2D eigenvalue weighted by Crippen LogP contribution is 2.47. The van der Waals surface area contributed by atoms with Crippen molar-refractivity contribution >= 4 is 45.9 Å². The zero-order valence-corrected chi connectivity index (χ0v) is 21.7. The van der Waals surface area contributed by atoms with E-state index in [4.69, 9.17) is 21.6 Å². The maximum Gasteiger partial charge on any atom is 0.332 e. The molecule has 11 heteroatoms. The van der Waals surface area contributed by atoms with Gasteiger partial charge in [0.1, 0.15) is 10.9 Å². The Morgan fingerprint density at radius 1 is 1.30 bits per heavy atom. The predicted octanol–water partition coefficient (Wildman–Crippen LogP) is 4.21. The Morgan fingerprint density at radius 3 is 2.73 bits per heavy atom. The highest BCUT2D eigenvalue weighted by atomic mass is 35.5. The highest BCUT2D eigenvalue weighted by Gasteiger charge is 2.49. The third kappa shape index (κ3) is 5.42. The predicted molar refractivity (Wildman–Crippen MR) is 138 cm³/mol. The van der Waals surface area contributed by atoms with Crippen molar-refractivity contribution in [3.8, 4) is 23.7 Å². The second-order valence-corrected chi connectivity index (χ2v) is 10.4. The number of halogens is 2. The van der Waals surface area contributed by atoms with Crippen molar-refractivity contribution < 1.29 is 23.8 Å². The Bertz CT molecular complexity index is 1410. The molecule has 0 aliphatic carbocycles. The Balaban J connectivity index is 1.73. The number of pyridine rings is 1. The Hall–Kier alpha value is -3.57. The number of methoxy groups -OCH3 is 1. The number of nitrogens with zero attached hydrogens (tertiary/aromatic N) is 4. The number of thioether (sulfide) groups is 1. The maximum atomic E-state index is 14.1. The zero-order chi connectivity index (χ0) is 26.9. The summed E-state index contributed by atoms with van der Waals surface area (Å²) in [6.07, 6.45) is 4.64. The van der Waals surface area contributed by atoms with Crippen LogP contribution in [-0.2, 0) is 4.79 Å². The molecule has 3 amide bonds. The van der Waals surface area contributed by atoms with Crippen molar-refractivity contribution in [3.05, 3.63) is 58.6 Å². The number of rotatable bonds is 5. The summed E-state index contributed by atoms with van der Waals surface area (Å²) in [4.78, 5) is 34.4. The SMILES string of the molecule is COc1cc(C2=CC3C(S2)C(=O)N(c2cncc(C#CC(C)(C)O)c2)C(=O)N3CCC#N)c(Cl)cc1F. The van der Waals surface area contributed by atoms with Gasteiger partial charge in [-0.2, -0.15) is 5.26 Å². The molecule has 0 bridgehead atoms. The van der Waals surface area contributed by atoms with E-state index in [1.54, 1.807) is 12.1 Å². The molecule has 0 spiro atoms. The molecule has 2 aromatic rings. The lowest BCUT2D eigenvalue weighted by Gasteiger charge is -2.40. The van der Waals surface area contributed by atoms with E-state index in [1.165, 1.54) is 56.1 Å². The number of imide groups is 1. The molecule has 8 nitrogen and oxygen atoms in total. The van der Waals surface area contributed by atoms with Crippen molar-refractivity contribution in [3.63, 3.8) is 0 Å². The molecule has 3 heterocycles. The molecule has 2 aliphatic heterocycles. The number of anilines is 1. The van der Waals surface area contributed by atoms with Crippen LogP contribution in [0, 0.1) is 29.0 Å². The van der Waals surface area contributed by atoms with Gasteiger partial charge in [0.25, 0.3) is 5.91 Å². The van der Waals surface area contributed by atoms with Crippen molar-refractivity contribution in [1.29, 1.82) is 5.26 Å². The van der Waals surface area contributed by atoms with Gasteiger partial charge in [-0.15, -0.1) is 11.8 Å². The molecule has 1 aromatic carbocycles. The van der Waals surface area contributed by atoms with Crippen LogP contribution in [0.1, 0.15) is 31.4 Å². The van der Waals surface area contributed by atoms with Crippen LogP contribution in [0.15, 0.2) is 36.7 Å². The number of fused-ring (bicyclic) bond motifs is 1. The quantitative estimate of drug-likeness (QED) is 0.566. The third-order valence-electron chi connectivity index (χ3n) is 5.61. The summed E-state index contributed by atoms with van der Waals surface area (Å²) in [6, 6.07) is 4.93. The van der Waals surface area contributed by atoms with Crippen molar-refractivity contribution in [2.45, 2.75) is 37.2 Å². The Kier molecular flexibility index (Phi) is 7.47. The maximum absolute atomic E-state index is 14.1. The molecular weight excluding hydrogens is 519 g/mol. The van der Waals surface area contributed by atoms with Crippen LogP contribution in [-0.4, -0.2) is 57.5 Å². The molecule has 190 valence electrons. The highest BCUT2D eigenvalue weighted by molar-refractivity contribution is 8.09. The summed E-state index contributed by atoms with van der Waals surface area (Å²) >= 11 is 7.52. The summed E-state index contributed by atoms with van der Waals surface area (Å²) in [5, 5.41) is 18.5. The molecule has 1 fully saturated rings. The number of amides is 3. The first kappa shape index (κ1) is 26.5. The van der Waals surface area contributed by atoms with Crippen LogP contribution >= 0.6 is 23.4 Å². The zero-order valence-electron chi connectivity index (χ0n) is 20.2. The number of aromatic nitrogens is 1. The van der Waals surface area contributed by atoms with E-state index in [9.17, 15) is 19.1 Å². The lowest BCUT2D eigenvalue weighted by atomic mass is 10.0. The molecule has 4 rings (SSSR count). The van der Waals surface area contributed by atoms with Gasteiger partial charge >= 0.3 is 6.03 Å². The minimum Gasteiger partial charge on any atom is -0.494 e. The van der Waals surface area contributed by atoms with Gasteiger partial charge in [0.2, 0.25) is 0 Å². The van der Waals surface area contributed by atoms with E-state index in [-0.39, 0.29) is 29.4 Å². The average molecular weight is 541 g/mol. The molecule has 2 unspecified atom stereocenters. The number of benzene rings is 1. The second-order valence-electron chi connectivity index (χ2n) is 8.83. The number of urea groups is 1. The largest absolute Gasteiger partial charge is 0.494 e. The lowest BCUT2D eigenvalue weighted by Crippen LogP contribution is -2.62. The van der Waals surface area contributed by atoms with Crippen LogP contribution in [0.3, 0.4) is 0 Å². The normalized spacial score (nSPS) is 19.1. The van der Waals surface area contributed by atoms with E-state index < -0.39 is 34.6 Å². The minimum atomic E-state index is -1.24. The molecular formula is C26H22ClFN4O4S. The lowest BCUT2D eigenvalue weighted by molar-refractivity contribution is -0.119. The van der Waals surface area contributed by atoms with E-state index in [0.29, 0.717) is 16.0 Å². The van der Waals surface area contributed by atoms with Gasteiger partial charge in [0, 0.05) is 28.8 Å². The van der Waals surface area contributed by atoms with E-state index >= 15 is 0 Å². The number of carbonyl (C=O) groups is 2. The second kappa shape index (κ2) is 10.4. The fraction of sp³-hybridized carbons (Fsp3) is 0.308. The third-order valence-corrected chi connectivity index (χ3v) is 7.27. The molecule has 37 heavy (non-hydrogen) atoms. The van der Waals surface area contributed by atoms with Crippen molar-refractivity contribution in [1.82, 2.24) is 9.88 Å². The number of nitriles is 1. The van der Waals surface area contributed by atoms with Gasteiger partial charge < -0.3 is 14.7 Å². The van der Waals surface area contributed by atoms with Gasteiger partial charge in [-0.25, -0.2) is 14.1 Å². The molecule has 1 saturated heterocycles. The number of aliphatic hydroxyl groups is 1. The summed E-state index contributed by atoms with van der Waals surface area (Å²) in [5.74, 6) is 4.37. The summed E-state index contributed by atoms with van der Waals surface area (Å²) < 4.78 is 19.2. The standard InChI is InChI=1S/C26H22ClFN4O4S/c1-26(2,35)6-5-15-9-16(14-30-13-15)32-24(33)23-20(31(25(32)34)8-4-7-29)12-22(37-23)17-10-21(36-3)19(28)11-18(17)27/h9-14,20,23,35H,4,8H2,1-3H3. The number of ether oxygens (including phenoxy) is 1. The number of hydrogen-bond acceptors (Lipinski definition) is 7. The van der Waals surface area contributed by atoms with Crippen molar-refractivity contribution in [2.24, 2.45) is 0 Å². The molecule has 1 aromatic heterocycles. The topological polar surface area (TPSA) is 107 Å². The Morgan fingerprint density at radius 2 is 2.05 bits per heavy atom. The van der Waals surface area contributed by atoms with Crippen molar-refractivity contribution in [2.75, 3.05) is 18.6 Å². The average Bonchev–Trinajstić information content (AvgIpc) is 3.28. The van der Waals surface area contributed by atoms with Gasteiger partial charge in [-0.1, -0.05) is 23.4 Å². The summed E-state index contributed by atoms with van der Waals surface area (Å²) in [7, 11) is 1.34. The van der Waals surface area contributed by atoms with Gasteiger partial charge in [-0.05, 0) is 38.1 Å². The molecule has 2 atom stereocenters. The van der Waals surface area contributed by atoms with Crippen LogP contribution in [0.2, 0.25) is 5.02 Å². The fourth-order valence-electron chi connectivity index (χ4n) is 3.94. The molecule has 1 N–H and O–H groups in total. The van der Waals surface area contributed by atoms with E-state index in [0.717, 1.165) is 11.0 Å². The van der Waals surface area contributed by atoms with Crippen LogP contribution < -0.4 is 9.64 Å². The van der Waals surface area contributed by atoms with Gasteiger partial charge in [0.05, 0.1) is 42.5 Å². The molecule has 2 aliphatic rings. The summed E-state index contributed by atoms with van der Waals surface area (Å²) in [6.45, 7) is 3.16. The molecule has 0 saturated carbocycles. The minimum absolute atomic E-state index is 0.00352. The van der Waals surface area contributed by atoms with Crippen LogP contribution in [0.25, 0.3) is 4.91 Å². The smallest absolute Gasteiger partial charge is 0.332 e. The van der Waals surface area contributed by atoms with Gasteiger partial charge in [-0.3, -0.25) is 9.78 Å². The number of carbonyl (C=O) groups excluding carboxylic acids is 2. The monoisotopic (exact) mass is 540 g/mol. The van der Waals surface area contributed by atoms with Crippen LogP contribution in [0.4, 0.5) is 14.9 Å². The Labute approximate surface area is 222 Å². The summed E-state index contributed by atoms with van der Waals surface area (Å²) in [5.41, 5.74) is -0.139. The van der Waals surface area contributed by atoms with E-state index in [2.05, 4.69) is 16.8 Å².